The van der Waals surface area contributed by atoms with Gasteiger partial charge in [-0.3, -0.25) is 0 Å². The molecule has 0 aliphatic heterocycles. The molecule has 0 unspecified atom stereocenters. The minimum absolute atomic E-state index is 0.218. The number of rotatable bonds is 4. The van der Waals surface area contributed by atoms with E-state index in [4.69, 9.17) is 10.5 Å². The van der Waals surface area contributed by atoms with Gasteiger partial charge in [0, 0.05) is 12.1 Å². The van der Waals surface area contributed by atoms with Crippen molar-refractivity contribution in [3.8, 4) is 5.75 Å². The van der Waals surface area contributed by atoms with Gasteiger partial charge in [0.05, 0.1) is 6.10 Å². The van der Waals surface area contributed by atoms with Crippen molar-refractivity contribution in [3.63, 3.8) is 0 Å². The fourth-order valence-corrected chi connectivity index (χ4v) is 1.86. The van der Waals surface area contributed by atoms with Crippen LogP contribution in [0.4, 0.5) is 0 Å². The molecule has 0 spiro atoms. The fourth-order valence-electron chi connectivity index (χ4n) is 1.86. The van der Waals surface area contributed by atoms with Gasteiger partial charge in [0.15, 0.2) is 0 Å². The van der Waals surface area contributed by atoms with Gasteiger partial charge in [-0.15, -0.1) is 0 Å². The van der Waals surface area contributed by atoms with Crippen molar-refractivity contribution in [2.75, 3.05) is 0 Å². The van der Waals surface area contributed by atoms with E-state index in [1.807, 2.05) is 0 Å². The smallest absolute Gasteiger partial charge is 0.127 e. The summed E-state index contributed by atoms with van der Waals surface area (Å²) in [5.74, 6) is 1.75. The molecular formula is C13H19NO. The van der Waals surface area contributed by atoms with Gasteiger partial charge in [0.2, 0.25) is 0 Å². The highest BCUT2D eigenvalue weighted by Gasteiger charge is 2.27. The van der Waals surface area contributed by atoms with E-state index in [0.29, 0.717) is 12.5 Å². The van der Waals surface area contributed by atoms with Crippen LogP contribution in [-0.4, -0.2) is 6.10 Å². The topological polar surface area (TPSA) is 35.2 Å². The number of ether oxygens (including phenoxy) is 1. The molecule has 1 aromatic carbocycles. The predicted molar refractivity (Wildman–Crippen MR) is 62.1 cm³/mol. The molecule has 1 fully saturated rings. The molecule has 1 aromatic rings. The van der Waals surface area contributed by atoms with Gasteiger partial charge in [-0.2, -0.15) is 0 Å². The standard InChI is InChI=1S/C13H19NO/c1-9(2)15-13-11(8-14)4-3-5-12(13)10-6-7-10/h3-5,9-10H,6-8,14H2,1-2H3. The molecule has 1 aliphatic carbocycles. The highest BCUT2D eigenvalue weighted by atomic mass is 16.5. The third-order valence-corrected chi connectivity index (χ3v) is 2.72. The Kier molecular flexibility index (Phi) is 2.96. The first-order valence-electron chi connectivity index (χ1n) is 5.71. The summed E-state index contributed by atoms with van der Waals surface area (Å²) in [4.78, 5) is 0. The third kappa shape index (κ3) is 2.32. The molecule has 2 rings (SSSR count). The first kappa shape index (κ1) is 10.5. The minimum atomic E-state index is 0.218. The van der Waals surface area contributed by atoms with Crippen LogP contribution in [0.5, 0.6) is 5.75 Å². The molecule has 0 saturated heterocycles. The SMILES string of the molecule is CC(C)Oc1c(CN)cccc1C1CC1. The van der Waals surface area contributed by atoms with E-state index in [1.165, 1.54) is 18.4 Å². The minimum Gasteiger partial charge on any atom is -0.490 e. The van der Waals surface area contributed by atoms with Crippen LogP contribution in [-0.2, 0) is 6.54 Å². The van der Waals surface area contributed by atoms with Crippen molar-refractivity contribution in [3.05, 3.63) is 29.3 Å². The van der Waals surface area contributed by atoms with Crippen LogP contribution in [0.3, 0.4) is 0 Å². The molecule has 15 heavy (non-hydrogen) atoms. The molecule has 0 bridgehead atoms. The van der Waals surface area contributed by atoms with Gasteiger partial charge >= 0.3 is 0 Å². The number of hydrogen-bond acceptors (Lipinski definition) is 2. The normalized spacial score (nSPS) is 15.7. The lowest BCUT2D eigenvalue weighted by molar-refractivity contribution is 0.237. The lowest BCUT2D eigenvalue weighted by Crippen LogP contribution is -2.11. The van der Waals surface area contributed by atoms with Crippen LogP contribution < -0.4 is 10.5 Å². The summed E-state index contributed by atoms with van der Waals surface area (Å²) in [5, 5.41) is 0. The summed E-state index contributed by atoms with van der Waals surface area (Å²) in [7, 11) is 0. The summed E-state index contributed by atoms with van der Waals surface area (Å²) < 4.78 is 5.89. The highest BCUT2D eigenvalue weighted by molar-refractivity contribution is 5.45. The maximum atomic E-state index is 5.89. The van der Waals surface area contributed by atoms with Crippen molar-refractivity contribution in [1.82, 2.24) is 0 Å². The first-order chi connectivity index (χ1) is 7.22. The average Bonchev–Trinajstić information content (AvgIpc) is 3.01. The van der Waals surface area contributed by atoms with Gasteiger partial charge in [0.1, 0.15) is 5.75 Å². The van der Waals surface area contributed by atoms with Gasteiger partial charge in [-0.25, -0.2) is 0 Å². The van der Waals surface area contributed by atoms with E-state index in [1.54, 1.807) is 0 Å². The van der Waals surface area contributed by atoms with E-state index in [2.05, 4.69) is 32.0 Å². The van der Waals surface area contributed by atoms with Crippen LogP contribution in [0.25, 0.3) is 0 Å². The zero-order chi connectivity index (χ0) is 10.8. The summed E-state index contributed by atoms with van der Waals surface area (Å²) in [6.07, 6.45) is 2.81. The lowest BCUT2D eigenvalue weighted by atomic mass is 10.0. The van der Waals surface area contributed by atoms with E-state index in [9.17, 15) is 0 Å². The number of para-hydroxylation sites is 1. The monoisotopic (exact) mass is 205 g/mol. The lowest BCUT2D eigenvalue weighted by Gasteiger charge is -2.17. The summed E-state index contributed by atoms with van der Waals surface area (Å²) in [6.45, 7) is 4.68. The van der Waals surface area contributed by atoms with Gasteiger partial charge in [-0.05, 0) is 38.2 Å². The molecule has 2 nitrogen and oxygen atoms in total. The first-order valence-corrected chi connectivity index (χ1v) is 5.71. The molecule has 0 amide bonds. The molecule has 0 atom stereocenters. The van der Waals surface area contributed by atoms with Crippen molar-refractivity contribution in [1.29, 1.82) is 0 Å². The maximum absolute atomic E-state index is 5.89. The van der Waals surface area contributed by atoms with Crippen molar-refractivity contribution in [2.45, 2.75) is 45.3 Å². The summed E-state index contributed by atoms with van der Waals surface area (Å²) >= 11 is 0. The Morgan fingerprint density at radius 2 is 2.13 bits per heavy atom. The molecule has 1 aliphatic rings. The Labute approximate surface area is 91.4 Å². The number of benzene rings is 1. The quantitative estimate of drug-likeness (QED) is 0.820. The van der Waals surface area contributed by atoms with E-state index < -0.39 is 0 Å². The van der Waals surface area contributed by atoms with E-state index >= 15 is 0 Å². The van der Waals surface area contributed by atoms with Gasteiger partial charge in [-0.1, -0.05) is 18.2 Å². The second-order valence-electron chi connectivity index (χ2n) is 4.48. The van der Waals surface area contributed by atoms with Crippen molar-refractivity contribution in [2.24, 2.45) is 5.73 Å². The molecule has 2 N–H and O–H groups in total. The molecule has 0 heterocycles. The average molecular weight is 205 g/mol. The maximum Gasteiger partial charge on any atom is 0.127 e. The summed E-state index contributed by atoms with van der Waals surface area (Å²) in [6, 6.07) is 6.32. The molecule has 0 radical (unpaired) electrons. The Morgan fingerprint density at radius 1 is 1.40 bits per heavy atom. The highest BCUT2D eigenvalue weighted by Crippen LogP contribution is 2.45. The van der Waals surface area contributed by atoms with Gasteiger partial charge < -0.3 is 10.5 Å². The van der Waals surface area contributed by atoms with Crippen LogP contribution in [0.2, 0.25) is 0 Å². The molecule has 2 heteroatoms. The van der Waals surface area contributed by atoms with Crippen molar-refractivity contribution < 1.29 is 4.74 Å². The Bertz CT molecular complexity index is 342. The largest absolute Gasteiger partial charge is 0.490 e. The Hall–Kier alpha value is -1.02. The molecule has 82 valence electrons. The summed E-state index contributed by atoms with van der Waals surface area (Å²) in [5.41, 5.74) is 8.22. The van der Waals surface area contributed by atoms with Crippen LogP contribution >= 0.6 is 0 Å². The zero-order valence-corrected chi connectivity index (χ0v) is 9.49. The Balaban J connectivity index is 2.35. The molecule has 1 saturated carbocycles. The van der Waals surface area contributed by atoms with E-state index in [-0.39, 0.29) is 6.10 Å². The predicted octanol–water partition coefficient (Wildman–Crippen LogP) is 2.81. The molecule has 0 aromatic heterocycles. The van der Waals surface area contributed by atoms with Crippen LogP contribution in [0.15, 0.2) is 18.2 Å². The number of hydrogen-bond donors (Lipinski definition) is 1. The van der Waals surface area contributed by atoms with Gasteiger partial charge in [0.25, 0.3) is 0 Å². The molecular weight excluding hydrogens is 186 g/mol. The van der Waals surface area contributed by atoms with Crippen LogP contribution in [0.1, 0.15) is 43.7 Å². The van der Waals surface area contributed by atoms with Crippen LogP contribution in [0, 0.1) is 0 Å². The third-order valence-electron chi connectivity index (χ3n) is 2.72. The Morgan fingerprint density at radius 3 is 2.67 bits per heavy atom. The second kappa shape index (κ2) is 4.23. The van der Waals surface area contributed by atoms with E-state index in [0.717, 1.165) is 11.3 Å². The second-order valence-corrected chi connectivity index (χ2v) is 4.48. The fraction of sp³-hybridized carbons (Fsp3) is 0.538. The zero-order valence-electron chi connectivity index (χ0n) is 9.49. The van der Waals surface area contributed by atoms with Crippen molar-refractivity contribution >= 4 is 0 Å². The number of nitrogens with two attached hydrogens (primary N) is 1.